The van der Waals surface area contributed by atoms with Crippen molar-refractivity contribution in [2.45, 2.75) is 19.5 Å². The highest BCUT2D eigenvalue weighted by atomic mass is 32.1. The summed E-state index contributed by atoms with van der Waals surface area (Å²) >= 11 is 1.72. The maximum atomic E-state index is 12.7. The number of amides is 2. The molecule has 0 radical (unpaired) electrons. The van der Waals surface area contributed by atoms with E-state index in [0.717, 1.165) is 17.5 Å². The van der Waals surface area contributed by atoms with Crippen LogP contribution in [0, 0.1) is 0 Å². The van der Waals surface area contributed by atoms with E-state index in [-0.39, 0.29) is 6.03 Å². The smallest absolute Gasteiger partial charge is 0.317 e. The largest absolute Gasteiger partial charge is 0.334 e. The third kappa shape index (κ3) is 5.43. The molecule has 0 atom stereocenters. The number of nitrogens with one attached hydrogen (secondary N) is 1. The Bertz CT molecular complexity index is 760. The van der Waals surface area contributed by atoms with Crippen molar-refractivity contribution in [3.05, 3.63) is 88.4 Å². The minimum absolute atomic E-state index is 0.0516. The fourth-order valence-corrected chi connectivity index (χ4v) is 3.25. The predicted molar refractivity (Wildman–Crippen MR) is 101 cm³/mol. The monoisotopic (exact) mass is 351 g/mol. The molecule has 0 saturated heterocycles. The summed E-state index contributed by atoms with van der Waals surface area (Å²) in [6.07, 6.45) is 4.41. The van der Waals surface area contributed by atoms with Gasteiger partial charge in [-0.3, -0.25) is 4.98 Å². The lowest BCUT2D eigenvalue weighted by Gasteiger charge is -2.23. The second kappa shape index (κ2) is 8.99. The van der Waals surface area contributed by atoms with Crippen LogP contribution in [0.25, 0.3) is 0 Å². The maximum absolute atomic E-state index is 12.7. The first-order valence-corrected chi connectivity index (χ1v) is 9.17. The number of hydrogen-bond acceptors (Lipinski definition) is 3. The Balaban J connectivity index is 1.62. The second-order valence-corrected chi connectivity index (χ2v) is 6.79. The van der Waals surface area contributed by atoms with Gasteiger partial charge in [-0.25, -0.2) is 4.79 Å². The molecule has 1 aromatic carbocycles. The molecule has 3 aromatic rings. The zero-order chi connectivity index (χ0) is 17.3. The van der Waals surface area contributed by atoms with Gasteiger partial charge in [-0.15, -0.1) is 11.3 Å². The van der Waals surface area contributed by atoms with Crippen molar-refractivity contribution in [3.8, 4) is 0 Å². The molecule has 0 saturated carbocycles. The summed E-state index contributed by atoms with van der Waals surface area (Å²) in [6, 6.07) is 17.9. The fourth-order valence-electron chi connectivity index (χ4n) is 2.55. The Morgan fingerprint density at radius 3 is 2.60 bits per heavy atom. The Labute approximate surface area is 152 Å². The number of rotatable bonds is 7. The molecule has 5 heteroatoms. The molecule has 0 aliphatic heterocycles. The van der Waals surface area contributed by atoms with E-state index in [1.165, 1.54) is 4.88 Å². The molecular formula is C20H21N3OS. The lowest BCUT2D eigenvalue weighted by molar-refractivity contribution is 0.195. The van der Waals surface area contributed by atoms with E-state index < -0.39 is 0 Å². The number of hydrogen-bond donors (Lipinski definition) is 1. The van der Waals surface area contributed by atoms with E-state index >= 15 is 0 Å². The van der Waals surface area contributed by atoms with Gasteiger partial charge in [-0.1, -0.05) is 42.5 Å². The molecule has 0 unspecified atom stereocenters. The first-order chi connectivity index (χ1) is 12.3. The van der Waals surface area contributed by atoms with Gasteiger partial charge in [0.1, 0.15) is 0 Å². The van der Waals surface area contributed by atoms with Crippen LogP contribution in [0.2, 0.25) is 0 Å². The predicted octanol–water partition coefficient (Wildman–Crippen LogP) is 4.10. The number of carbonyl (C=O) groups excluding carboxylic acids is 1. The first-order valence-electron chi connectivity index (χ1n) is 8.29. The molecule has 3 rings (SSSR count). The van der Waals surface area contributed by atoms with E-state index in [2.05, 4.69) is 21.7 Å². The Hall–Kier alpha value is -2.66. The van der Waals surface area contributed by atoms with Crippen molar-refractivity contribution in [1.82, 2.24) is 15.2 Å². The molecule has 128 valence electrons. The first kappa shape index (κ1) is 17.2. The lowest BCUT2D eigenvalue weighted by Crippen LogP contribution is -2.40. The van der Waals surface area contributed by atoms with Gasteiger partial charge in [-0.2, -0.15) is 0 Å². The highest BCUT2D eigenvalue weighted by Gasteiger charge is 2.14. The molecule has 0 aliphatic carbocycles. The van der Waals surface area contributed by atoms with Crippen LogP contribution >= 0.6 is 11.3 Å². The van der Waals surface area contributed by atoms with Gasteiger partial charge < -0.3 is 10.2 Å². The van der Waals surface area contributed by atoms with Crippen LogP contribution in [0.15, 0.2) is 72.4 Å². The van der Waals surface area contributed by atoms with Gasteiger partial charge in [-0.05, 0) is 35.1 Å². The standard InChI is InChI=1S/C20H21N3OS/c24-20(22-15-17-6-2-1-3-7-17)23(12-10-19-9-5-13-25-19)16-18-8-4-11-21-14-18/h1-9,11,13-14H,10,12,15-16H2,(H,22,24). The number of aromatic nitrogens is 1. The number of nitrogens with zero attached hydrogens (tertiary/aromatic N) is 2. The summed E-state index contributed by atoms with van der Waals surface area (Å²) < 4.78 is 0. The van der Waals surface area contributed by atoms with Crippen LogP contribution in [0.4, 0.5) is 4.79 Å². The van der Waals surface area contributed by atoms with Crippen LogP contribution < -0.4 is 5.32 Å². The highest BCUT2D eigenvalue weighted by molar-refractivity contribution is 7.09. The number of benzene rings is 1. The summed E-state index contributed by atoms with van der Waals surface area (Å²) in [4.78, 5) is 20.0. The van der Waals surface area contributed by atoms with E-state index in [1.807, 2.05) is 59.6 Å². The minimum Gasteiger partial charge on any atom is -0.334 e. The topological polar surface area (TPSA) is 45.2 Å². The van der Waals surface area contributed by atoms with E-state index in [1.54, 1.807) is 17.5 Å². The second-order valence-electron chi connectivity index (χ2n) is 5.76. The molecule has 25 heavy (non-hydrogen) atoms. The van der Waals surface area contributed by atoms with Crippen molar-refractivity contribution in [3.63, 3.8) is 0 Å². The molecule has 2 heterocycles. The zero-order valence-electron chi connectivity index (χ0n) is 14.0. The molecule has 0 bridgehead atoms. The van der Waals surface area contributed by atoms with Crippen molar-refractivity contribution >= 4 is 17.4 Å². The van der Waals surface area contributed by atoms with Crippen molar-refractivity contribution in [2.24, 2.45) is 0 Å². The summed E-state index contributed by atoms with van der Waals surface area (Å²) in [5.41, 5.74) is 2.12. The van der Waals surface area contributed by atoms with E-state index in [4.69, 9.17) is 0 Å². The van der Waals surface area contributed by atoms with E-state index in [0.29, 0.717) is 19.6 Å². The van der Waals surface area contributed by atoms with Gasteiger partial charge in [0.2, 0.25) is 0 Å². The quantitative estimate of drug-likeness (QED) is 0.696. The zero-order valence-corrected chi connectivity index (χ0v) is 14.8. The molecule has 2 amide bonds. The van der Waals surface area contributed by atoms with Crippen LogP contribution in [-0.4, -0.2) is 22.5 Å². The average Bonchev–Trinajstić information content (AvgIpc) is 3.18. The van der Waals surface area contributed by atoms with Gasteiger partial charge in [0, 0.05) is 36.9 Å². The fraction of sp³-hybridized carbons (Fsp3) is 0.200. The third-order valence-electron chi connectivity index (χ3n) is 3.88. The lowest BCUT2D eigenvalue weighted by atomic mass is 10.2. The maximum Gasteiger partial charge on any atom is 0.317 e. The number of pyridine rings is 1. The molecule has 2 aromatic heterocycles. The summed E-state index contributed by atoms with van der Waals surface area (Å²) in [7, 11) is 0. The number of carbonyl (C=O) groups is 1. The minimum atomic E-state index is -0.0516. The molecule has 1 N–H and O–H groups in total. The molecule has 4 nitrogen and oxygen atoms in total. The van der Waals surface area contributed by atoms with Crippen LogP contribution in [0.3, 0.4) is 0 Å². The molecule has 0 aliphatic rings. The summed E-state index contributed by atoms with van der Waals surface area (Å²) in [5, 5.41) is 5.09. The van der Waals surface area contributed by atoms with Crippen molar-refractivity contribution in [1.29, 1.82) is 0 Å². The number of thiophene rings is 1. The Kier molecular flexibility index (Phi) is 6.17. The van der Waals surface area contributed by atoms with Gasteiger partial charge >= 0.3 is 6.03 Å². The summed E-state index contributed by atoms with van der Waals surface area (Å²) in [5.74, 6) is 0. The van der Waals surface area contributed by atoms with Crippen LogP contribution in [-0.2, 0) is 19.5 Å². The highest BCUT2D eigenvalue weighted by Crippen LogP contribution is 2.12. The Morgan fingerprint density at radius 2 is 1.88 bits per heavy atom. The van der Waals surface area contributed by atoms with Gasteiger partial charge in [0.25, 0.3) is 0 Å². The third-order valence-corrected chi connectivity index (χ3v) is 4.81. The van der Waals surface area contributed by atoms with Crippen molar-refractivity contribution in [2.75, 3.05) is 6.54 Å². The molecular weight excluding hydrogens is 330 g/mol. The SMILES string of the molecule is O=C(NCc1ccccc1)N(CCc1cccs1)Cc1cccnc1. The van der Waals surface area contributed by atoms with E-state index in [9.17, 15) is 4.79 Å². The summed E-state index contributed by atoms with van der Waals surface area (Å²) in [6.45, 7) is 1.76. The Morgan fingerprint density at radius 1 is 1.04 bits per heavy atom. The normalized spacial score (nSPS) is 10.4. The average molecular weight is 351 g/mol. The van der Waals surface area contributed by atoms with Crippen molar-refractivity contribution < 1.29 is 4.79 Å². The molecule has 0 fully saturated rings. The van der Waals surface area contributed by atoms with Crippen LogP contribution in [0.1, 0.15) is 16.0 Å². The molecule has 0 spiro atoms. The number of urea groups is 1. The van der Waals surface area contributed by atoms with Crippen LogP contribution in [0.5, 0.6) is 0 Å². The van der Waals surface area contributed by atoms with Gasteiger partial charge in [0.15, 0.2) is 0 Å². The van der Waals surface area contributed by atoms with Gasteiger partial charge in [0.05, 0.1) is 0 Å².